The Morgan fingerprint density at radius 1 is 1.29 bits per heavy atom. The SMILES string of the molecule is CCOC(=O)CC[C@H](NS(=O)(=O)C1CCCCC1)C(=O)O. The molecule has 1 atom stereocenters. The lowest BCUT2D eigenvalue weighted by molar-refractivity contribution is -0.144. The number of ether oxygens (including phenoxy) is 1. The lowest BCUT2D eigenvalue weighted by Crippen LogP contribution is -2.45. The first-order valence-corrected chi connectivity index (χ1v) is 8.81. The van der Waals surface area contributed by atoms with Crippen LogP contribution < -0.4 is 4.72 Å². The van der Waals surface area contributed by atoms with Crippen molar-refractivity contribution in [1.82, 2.24) is 4.72 Å². The molecule has 8 heteroatoms. The van der Waals surface area contributed by atoms with Crippen molar-refractivity contribution >= 4 is 22.0 Å². The maximum absolute atomic E-state index is 12.2. The van der Waals surface area contributed by atoms with Crippen molar-refractivity contribution in [1.29, 1.82) is 0 Å². The van der Waals surface area contributed by atoms with Crippen LogP contribution in [0.3, 0.4) is 0 Å². The molecule has 0 spiro atoms. The fourth-order valence-corrected chi connectivity index (χ4v) is 4.16. The Bertz CT molecular complexity index is 455. The first kappa shape index (κ1) is 17.9. The molecule has 1 aliphatic carbocycles. The van der Waals surface area contributed by atoms with Gasteiger partial charge in [0.2, 0.25) is 10.0 Å². The van der Waals surface area contributed by atoms with Crippen molar-refractivity contribution in [2.24, 2.45) is 0 Å². The molecule has 1 rings (SSSR count). The number of carbonyl (C=O) groups excluding carboxylic acids is 1. The standard InChI is InChI=1S/C13H23NO6S/c1-2-20-12(15)9-8-11(13(16)17)14-21(18,19)10-6-4-3-5-7-10/h10-11,14H,2-9H2,1H3,(H,16,17)/t11-/m0/s1. The minimum Gasteiger partial charge on any atom is -0.480 e. The third kappa shape index (κ3) is 6.01. The summed E-state index contributed by atoms with van der Waals surface area (Å²) >= 11 is 0. The van der Waals surface area contributed by atoms with E-state index >= 15 is 0 Å². The number of sulfonamides is 1. The van der Waals surface area contributed by atoms with Gasteiger partial charge >= 0.3 is 11.9 Å². The lowest BCUT2D eigenvalue weighted by Gasteiger charge is -2.24. The summed E-state index contributed by atoms with van der Waals surface area (Å²) in [5.41, 5.74) is 0. The summed E-state index contributed by atoms with van der Waals surface area (Å²) in [5, 5.41) is 8.57. The maximum atomic E-state index is 12.2. The van der Waals surface area contributed by atoms with Crippen LogP contribution in [0.5, 0.6) is 0 Å². The molecule has 122 valence electrons. The smallest absolute Gasteiger partial charge is 0.321 e. The van der Waals surface area contributed by atoms with Gasteiger partial charge in [0.1, 0.15) is 6.04 Å². The van der Waals surface area contributed by atoms with Gasteiger partial charge in [-0.2, -0.15) is 0 Å². The summed E-state index contributed by atoms with van der Waals surface area (Å²) in [5.74, 6) is -1.81. The van der Waals surface area contributed by atoms with Gasteiger partial charge in [0.05, 0.1) is 11.9 Å². The number of carboxylic acid groups (broad SMARTS) is 1. The molecule has 0 aromatic rings. The lowest BCUT2D eigenvalue weighted by atomic mass is 10.0. The molecule has 0 amide bonds. The number of aliphatic carboxylic acids is 1. The van der Waals surface area contributed by atoms with E-state index in [9.17, 15) is 18.0 Å². The molecule has 0 radical (unpaired) electrons. The van der Waals surface area contributed by atoms with Gasteiger partial charge in [0.15, 0.2) is 0 Å². The average molecular weight is 321 g/mol. The molecule has 2 N–H and O–H groups in total. The normalized spacial score (nSPS) is 18.1. The molecular formula is C13H23NO6S. The van der Waals surface area contributed by atoms with Gasteiger partial charge < -0.3 is 9.84 Å². The maximum Gasteiger partial charge on any atom is 0.321 e. The number of esters is 1. The first-order valence-electron chi connectivity index (χ1n) is 7.26. The second kappa shape index (κ2) is 8.33. The molecule has 0 heterocycles. The second-order valence-electron chi connectivity index (χ2n) is 5.16. The molecule has 0 aromatic carbocycles. The van der Waals surface area contributed by atoms with Crippen LogP contribution in [-0.4, -0.2) is 43.4 Å². The molecule has 1 fully saturated rings. The van der Waals surface area contributed by atoms with Gasteiger partial charge in [0, 0.05) is 6.42 Å². The molecular weight excluding hydrogens is 298 g/mol. The van der Waals surface area contributed by atoms with Crippen molar-refractivity contribution < 1.29 is 27.9 Å². The number of hydrogen-bond donors (Lipinski definition) is 2. The number of rotatable bonds is 8. The van der Waals surface area contributed by atoms with E-state index in [1.807, 2.05) is 0 Å². The number of carboxylic acids is 1. The van der Waals surface area contributed by atoms with Crippen molar-refractivity contribution in [3.8, 4) is 0 Å². The van der Waals surface area contributed by atoms with Crippen molar-refractivity contribution in [2.45, 2.75) is 63.2 Å². The summed E-state index contributed by atoms with van der Waals surface area (Å²) in [6, 6.07) is -1.29. The van der Waals surface area contributed by atoms with E-state index in [4.69, 9.17) is 9.84 Å². The van der Waals surface area contributed by atoms with Crippen molar-refractivity contribution in [3.05, 3.63) is 0 Å². The number of hydrogen-bond acceptors (Lipinski definition) is 5. The topological polar surface area (TPSA) is 110 Å². The zero-order valence-corrected chi connectivity index (χ0v) is 13.0. The van der Waals surface area contributed by atoms with E-state index < -0.39 is 33.3 Å². The molecule has 0 unspecified atom stereocenters. The van der Waals surface area contributed by atoms with E-state index in [1.165, 1.54) is 0 Å². The van der Waals surface area contributed by atoms with Crippen LogP contribution in [0.4, 0.5) is 0 Å². The van der Waals surface area contributed by atoms with Crippen molar-refractivity contribution in [2.75, 3.05) is 6.61 Å². The molecule has 0 bridgehead atoms. The van der Waals surface area contributed by atoms with Gasteiger partial charge in [-0.25, -0.2) is 13.1 Å². The Labute approximate surface area is 125 Å². The average Bonchev–Trinajstić information content (AvgIpc) is 2.44. The van der Waals surface area contributed by atoms with E-state index in [-0.39, 0.29) is 19.4 Å². The van der Waals surface area contributed by atoms with Crippen LogP contribution in [-0.2, 0) is 24.3 Å². The Balaban J connectivity index is 2.60. The van der Waals surface area contributed by atoms with E-state index in [2.05, 4.69) is 4.72 Å². The fraction of sp³-hybridized carbons (Fsp3) is 0.846. The van der Waals surface area contributed by atoms with E-state index in [0.717, 1.165) is 19.3 Å². The summed E-state index contributed by atoms with van der Waals surface area (Å²) in [7, 11) is -3.67. The number of carbonyl (C=O) groups is 2. The predicted molar refractivity (Wildman–Crippen MR) is 76.2 cm³/mol. The molecule has 0 aromatic heterocycles. The monoisotopic (exact) mass is 321 g/mol. The molecule has 1 saturated carbocycles. The Morgan fingerprint density at radius 3 is 2.43 bits per heavy atom. The highest BCUT2D eigenvalue weighted by atomic mass is 32.2. The largest absolute Gasteiger partial charge is 0.480 e. The minimum atomic E-state index is -3.67. The van der Waals surface area contributed by atoms with Gasteiger partial charge in [-0.05, 0) is 26.2 Å². The van der Waals surface area contributed by atoms with Gasteiger partial charge in [-0.15, -0.1) is 0 Å². The van der Waals surface area contributed by atoms with Crippen LogP contribution in [0.1, 0.15) is 51.9 Å². The van der Waals surface area contributed by atoms with Gasteiger partial charge in [0.25, 0.3) is 0 Å². The predicted octanol–water partition coefficient (Wildman–Crippen LogP) is 1.03. The van der Waals surface area contributed by atoms with Gasteiger partial charge in [-0.1, -0.05) is 19.3 Å². The van der Waals surface area contributed by atoms with Crippen LogP contribution in [0.2, 0.25) is 0 Å². The highest BCUT2D eigenvalue weighted by Crippen LogP contribution is 2.23. The zero-order chi connectivity index (χ0) is 15.9. The summed E-state index contributed by atoms with van der Waals surface area (Å²) in [4.78, 5) is 22.4. The highest BCUT2D eigenvalue weighted by molar-refractivity contribution is 7.90. The number of nitrogens with one attached hydrogen (secondary N) is 1. The Morgan fingerprint density at radius 2 is 1.90 bits per heavy atom. The van der Waals surface area contributed by atoms with E-state index in [0.29, 0.717) is 12.8 Å². The van der Waals surface area contributed by atoms with Crippen LogP contribution >= 0.6 is 0 Å². The quantitative estimate of drug-likeness (QED) is 0.646. The third-order valence-corrected chi connectivity index (χ3v) is 5.50. The second-order valence-corrected chi connectivity index (χ2v) is 7.15. The molecule has 0 saturated heterocycles. The molecule has 21 heavy (non-hydrogen) atoms. The van der Waals surface area contributed by atoms with Crippen LogP contribution in [0.25, 0.3) is 0 Å². The summed E-state index contributed by atoms with van der Waals surface area (Å²) in [6.07, 6.45) is 3.56. The Hall–Kier alpha value is -1.15. The third-order valence-electron chi connectivity index (χ3n) is 3.54. The Kier molecular flexibility index (Phi) is 7.10. The highest BCUT2D eigenvalue weighted by Gasteiger charge is 2.32. The first-order chi connectivity index (χ1) is 9.86. The molecule has 7 nitrogen and oxygen atoms in total. The van der Waals surface area contributed by atoms with Crippen LogP contribution in [0, 0.1) is 0 Å². The fourth-order valence-electron chi connectivity index (χ4n) is 2.40. The zero-order valence-electron chi connectivity index (χ0n) is 12.2. The van der Waals surface area contributed by atoms with E-state index in [1.54, 1.807) is 6.92 Å². The summed E-state index contributed by atoms with van der Waals surface area (Å²) < 4.78 is 31.3. The summed E-state index contributed by atoms with van der Waals surface area (Å²) in [6.45, 7) is 1.86. The minimum absolute atomic E-state index is 0.111. The molecule has 1 aliphatic rings. The molecule has 0 aliphatic heterocycles. The van der Waals surface area contributed by atoms with Crippen molar-refractivity contribution in [3.63, 3.8) is 0 Å². The van der Waals surface area contributed by atoms with Gasteiger partial charge in [-0.3, -0.25) is 9.59 Å². The van der Waals surface area contributed by atoms with Crippen LogP contribution in [0.15, 0.2) is 0 Å².